The molecular formula is C15H23N5S. The lowest BCUT2D eigenvalue weighted by molar-refractivity contribution is 0.595. The van der Waals surface area contributed by atoms with Crippen molar-refractivity contribution in [3.63, 3.8) is 0 Å². The minimum Gasteiger partial charge on any atom is -0.370 e. The number of guanidine groups is 1. The third-order valence-electron chi connectivity index (χ3n) is 2.99. The Balaban J connectivity index is 1.69. The predicted octanol–water partition coefficient (Wildman–Crippen LogP) is 2.66. The van der Waals surface area contributed by atoms with Crippen molar-refractivity contribution in [1.29, 1.82) is 0 Å². The Labute approximate surface area is 129 Å². The van der Waals surface area contributed by atoms with Crippen molar-refractivity contribution < 1.29 is 0 Å². The van der Waals surface area contributed by atoms with Gasteiger partial charge in [0.2, 0.25) is 0 Å². The number of nitrogens with zero attached hydrogens (tertiary/aromatic N) is 2. The van der Waals surface area contributed by atoms with Crippen LogP contribution < -0.4 is 16.4 Å². The van der Waals surface area contributed by atoms with Crippen molar-refractivity contribution >= 4 is 32.6 Å². The van der Waals surface area contributed by atoms with Gasteiger partial charge in [-0.2, -0.15) is 0 Å². The Morgan fingerprint density at radius 3 is 2.90 bits per heavy atom. The third-order valence-corrected chi connectivity index (χ3v) is 3.98. The van der Waals surface area contributed by atoms with Gasteiger partial charge in [0.25, 0.3) is 0 Å². The normalized spacial score (nSPS) is 12.0. The van der Waals surface area contributed by atoms with Crippen LogP contribution in [0, 0.1) is 5.92 Å². The molecule has 1 aromatic carbocycles. The Hall–Kier alpha value is -1.82. The van der Waals surface area contributed by atoms with Crippen LogP contribution in [0.3, 0.4) is 0 Å². The standard InChI is InChI=1S/C15H23N5S/c1-11(2)7-8-17-14(16)18-9-10-19-15-20-12-5-3-4-6-13(12)21-15/h3-6,11H,7-10H2,1-2H3,(H,19,20)(H3,16,17,18). The highest BCUT2D eigenvalue weighted by Gasteiger charge is 2.01. The summed E-state index contributed by atoms with van der Waals surface area (Å²) >= 11 is 1.66. The largest absolute Gasteiger partial charge is 0.370 e. The molecule has 0 aliphatic heterocycles. The average Bonchev–Trinajstić information content (AvgIpc) is 2.86. The number of aromatic nitrogens is 1. The molecule has 0 amide bonds. The number of thiazole rings is 1. The van der Waals surface area contributed by atoms with Crippen LogP contribution >= 0.6 is 11.3 Å². The van der Waals surface area contributed by atoms with Crippen LogP contribution in [0.15, 0.2) is 29.3 Å². The van der Waals surface area contributed by atoms with E-state index in [9.17, 15) is 0 Å². The van der Waals surface area contributed by atoms with Crippen molar-refractivity contribution in [1.82, 2.24) is 10.3 Å². The van der Waals surface area contributed by atoms with Crippen LogP contribution in [0.2, 0.25) is 0 Å². The van der Waals surface area contributed by atoms with Crippen LogP contribution in [0.25, 0.3) is 10.2 Å². The summed E-state index contributed by atoms with van der Waals surface area (Å²) < 4.78 is 1.20. The number of para-hydroxylation sites is 1. The summed E-state index contributed by atoms with van der Waals surface area (Å²) in [5.41, 5.74) is 6.83. The van der Waals surface area contributed by atoms with Gasteiger partial charge >= 0.3 is 0 Å². The van der Waals surface area contributed by atoms with Gasteiger partial charge in [-0.1, -0.05) is 37.3 Å². The molecule has 0 fully saturated rings. The van der Waals surface area contributed by atoms with Gasteiger partial charge in [0.1, 0.15) is 0 Å². The van der Waals surface area contributed by atoms with E-state index >= 15 is 0 Å². The Kier molecular flexibility index (Phi) is 5.80. The summed E-state index contributed by atoms with van der Waals surface area (Å²) in [5.74, 6) is 1.17. The van der Waals surface area contributed by atoms with Crippen molar-refractivity contribution in [3.8, 4) is 0 Å². The molecule has 114 valence electrons. The zero-order valence-corrected chi connectivity index (χ0v) is 13.4. The number of benzene rings is 1. The number of fused-ring (bicyclic) bond motifs is 1. The van der Waals surface area contributed by atoms with Gasteiger partial charge in [-0.05, 0) is 24.5 Å². The fraction of sp³-hybridized carbons (Fsp3) is 0.467. The van der Waals surface area contributed by atoms with E-state index < -0.39 is 0 Å². The molecule has 2 aromatic rings. The Bertz CT molecular complexity index is 558. The van der Waals surface area contributed by atoms with E-state index in [0.29, 0.717) is 11.9 Å². The van der Waals surface area contributed by atoms with Crippen molar-refractivity contribution in [2.24, 2.45) is 16.6 Å². The van der Waals surface area contributed by atoms with Gasteiger partial charge in [-0.25, -0.2) is 4.98 Å². The van der Waals surface area contributed by atoms with E-state index in [1.54, 1.807) is 11.3 Å². The minimum absolute atomic E-state index is 0.516. The van der Waals surface area contributed by atoms with E-state index in [1.807, 2.05) is 18.2 Å². The predicted molar refractivity (Wildman–Crippen MR) is 92.1 cm³/mol. The number of hydrogen-bond donors (Lipinski definition) is 3. The zero-order chi connectivity index (χ0) is 15.1. The van der Waals surface area contributed by atoms with Gasteiger partial charge in [0, 0.05) is 19.6 Å². The zero-order valence-electron chi connectivity index (χ0n) is 12.6. The highest BCUT2D eigenvalue weighted by molar-refractivity contribution is 7.22. The van der Waals surface area contributed by atoms with E-state index in [4.69, 9.17) is 5.73 Å². The van der Waals surface area contributed by atoms with Gasteiger partial charge < -0.3 is 16.4 Å². The molecule has 0 saturated carbocycles. The first kappa shape index (κ1) is 15.6. The molecule has 4 N–H and O–H groups in total. The summed E-state index contributed by atoms with van der Waals surface area (Å²) in [7, 11) is 0. The first-order valence-corrected chi connectivity index (χ1v) is 8.10. The summed E-state index contributed by atoms with van der Waals surface area (Å²) in [6, 6.07) is 8.13. The molecule has 5 nitrogen and oxygen atoms in total. The van der Waals surface area contributed by atoms with Crippen LogP contribution in [-0.4, -0.2) is 30.6 Å². The van der Waals surface area contributed by atoms with Crippen molar-refractivity contribution in [2.45, 2.75) is 20.3 Å². The fourth-order valence-corrected chi connectivity index (χ4v) is 2.70. The lowest BCUT2D eigenvalue weighted by atomic mass is 10.1. The van der Waals surface area contributed by atoms with Gasteiger partial charge in [-0.3, -0.25) is 4.99 Å². The molecule has 0 aliphatic rings. The molecule has 2 rings (SSSR count). The summed E-state index contributed by atoms with van der Waals surface area (Å²) in [6.07, 6.45) is 1.06. The van der Waals surface area contributed by atoms with Crippen LogP contribution in [0.4, 0.5) is 5.13 Å². The molecule has 1 aromatic heterocycles. The fourth-order valence-electron chi connectivity index (χ4n) is 1.81. The van der Waals surface area contributed by atoms with Crippen LogP contribution in [0.5, 0.6) is 0 Å². The lowest BCUT2D eigenvalue weighted by Crippen LogP contribution is -2.35. The monoisotopic (exact) mass is 305 g/mol. The van der Waals surface area contributed by atoms with Gasteiger partial charge in [0.05, 0.1) is 10.2 Å². The lowest BCUT2D eigenvalue weighted by Gasteiger charge is -2.06. The molecule has 0 aliphatic carbocycles. The second-order valence-electron chi connectivity index (χ2n) is 5.29. The second-order valence-corrected chi connectivity index (χ2v) is 6.32. The smallest absolute Gasteiger partial charge is 0.188 e. The summed E-state index contributed by atoms with van der Waals surface area (Å²) in [4.78, 5) is 8.80. The van der Waals surface area contributed by atoms with E-state index in [-0.39, 0.29) is 0 Å². The van der Waals surface area contributed by atoms with Gasteiger partial charge in [-0.15, -0.1) is 0 Å². The van der Waals surface area contributed by atoms with E-state index in [2.05, 4.69) is 40.5 Å². The molecule has 0 radical (unpaired) electrons. The molecule has 0 bridgehead atoms. The highest BCUT2D eigenvalue weighted by atomic mass is 32.1. The number of anilines is 1. The average molecular weight is 305 g/mol. The van der Waals surface area contributed by atoms with Crippen LogP contribution in [-0.2, 0) is 0 Å². The van der Waals surface area contributed by atoms with Crippen molar-refractivity contribution in [2.75, 3.05) is 25.0 Å². The minimum atomic E-state index is 0.516. The van der Waals surface area contributed by atoms with Crippen molar-refractivity contribution in [3.05, 3.63) is 24.3 Å². The number of nitrogens with one attached hydrogen (secondary N) is 2. The Morgan fingerprint density at radius 1 is 1.33 bits per heavy atom. The quantitative estimate of drug-likeness (QED) is 0.417. The molecule has 0 spiro atoms. The number of aliphatic imine (C=N–C) groups is 1. The number of rotatable bonds is 7. The second kappa shape index (κ2) is 7.83. The molecule has 21 heavy (non-hydrogen) atoms. The number of hydrogen-bond acceptors (Lipinski definition) is 4. The maximum atomic E-state index is 5.80. The molecule has 0 unspecified atom stereocenters. The first-order valence-electron chi connectivity index (χ1n) is 7.28. The van der Waals surface area contributed by atoms with E-state index in [0.717, 1.165) is 36.7 Å². The topological polar surface area (TPSA) is 75.3 Å². The molecule has 1 heterocycles. The Morgan fingerprint density at radius 2 is 2.14 bits per heavy atom. The summed E-state index contributed by atoms with van der Waals surface area (Å²) in [5, 5.41) is 7.34. The summed E-state index contributed by atoms with van der Waals surface area (Å²) in [6.45, 7) is 6.64. The highest BCUT2D eigenvalue weighted by Crippen LogP contribution is 2.24. The molecule has 0 saturated heterocycles. The molecule has 0 atom stereocenters. The first-order chi connectivity index (χ1) is 10.1. The SMILES string of the molecule is CC(C)CCN=C(N)NCCNc1nc2ccccc2s1. The van der Waals surface area contributed by atoms with Crippen LogP contribution in [0.1, 0.15) is 20.3 Å². The third kappa shape index (κ3) is 5.23. The maximum Gasteiger partial charge on any atom is 0.188 e. The van der Waals surface area contributed by atoms with E-state index in [1.165, 1.54) is 4.70 Å². The molecular weight excluding hydrogens is 282 g/mol. The van der Waals surface area contributed by atoms with Gasteiger partial charge in [0.15, 0.2) is 11.1 Å². The maximum absolute atomic E-state index is 5.80. The number of nitrogens with two attached hydrogens (primary N) is 1. The molecule has 6 heteroatoms.